The van der Waals surface area contributed by atoms with Crippen molar-refractivity contribution >= 4 is 19.4 Å². The summed E-state index contributed by atoms with van der Waals surface area (Å²) in [6.45, 7) is 10.9. The third kappa shape index (κ3) is 3.45. The molecule has 0 saturated heterocycles. The Morgan fingerprint density at radius 1 is 1.24 bits per heavy atom. The number of nitriles is 1. The van der Waals surface area contributed by atoms with E-state index in [0.717, 1.165) is 19.3 Å². The van der Waals surface area contributed by atoms with E-state index in [0.29, 0.717) is 26.2 Å². The van der Waals surface area contributed by atoms with Gasteiger partial charge in [0.1, 0.15) is 0 Å². The van der Waals surface area contributed by atoms with Crippen LogP contribution in [0.15, 0.2) is 42.5 Å². The van der Waals surface area contributed by atoms with E-state index in [4.69, 9.17) is 0 Å². The Labute approximate surface area is 158 Å². The van der Waals surface area contributed by atoms with Gasteiger partial charge in [0.2, 0.25) is 0 Å². The molecule has 1 aromatic rings. The average Bonchev–Trinajstić information content (AvgIpc) is 2.67. The van der Waals surface area contributed by atoms with Gasteiger partial charge in [-0.1, -0.05) is 0 Å². The van der Waals surface area contributed by atoms with E-state index in [2.05, 4.69) is 63.8 Å². The number of rotatable bonds is 2. The standard InChI is InChI=1S/C22H29NOSe/c1-15-10-11-20(25-18-8-6-5-7-9-18)16(2)22(24)12-17(14-23)21(3,4)13-19(15)22/h5-9,16-17,19-20,24H,1,10-13H2,2-4H3/t16-,17+,19-,20+,22+/m0/s1. The molecule has 3 heteroatoms. The van der Waals surface area contributed by atoms with Crippen molar-refractivity contribution in [1.29, 1.82) is 5.26 Å². The van der Waals surface area contributed by atoms with Crippen molar-refractivity contribution in [3.63, 3.8) is 0 Å². The molecule has 3 rings (SSSR count). The van der Waals surface area contributed by atoms with Gasteiger partial charge in [-0.15, -0.1) is 0 Å². The van der Waals surface area contributed by atoms with Crippen molar-refractivity contribution < 1.29 is 5.11 Å². The first kappa shape index (κ1) is 18.7. The first-order valence-corrected chi connectivity index (χ1v) is 11.1. The Kier molecular flexibility index (Phi) is 5.18. The molecule has 2 aliphatic carbocycles. The number of hydrogen-bond donors (Lipinski definition) is 1. The number of aliphatic hydroxyl groups is 1. The molecule has 1 N–H and O–H groups in total. The zero-order valence-electron chi connectivity index (χ0n) is 15.5. The summed E-state index contributed by atoms with van der Waals surface area (Å²) in [7, 11) is 0. The van der Waals surface area contributed by atoms with Crippen molar-refractivity contribution in [1.82, 2.24) is 0 Å². The van der Waals surface area contributed by atoms with Gasteiger partial charge >= 0.3 is 158 Å². The summed E-state index contributed by atoms with van der Waals surface area (Å²) in [5.74, 6) is 0.231. The second kappa shape index (κ2) is 6.92. The predicted molar refractivity (Wildman–Crippen MR) is 104 cm³/mol. The van der Waals surface area contributed by atoms with E-state index in [-0.39, 0.29) is 23.2 Å². The van der Waals surface area contributed by atoms with E-state index in [1.807, 2.05) is 0 Å². The average molecular weight is 402 g/mol. The molecule has 2 saturated carbocycles. The van der Waals surface area contributed by atoms with Gasteiger partial charge in [-0.25, -0.2) is 0 Å². The van der Waals surface area contributed by atoms with Gasteiger partial charge in [0, 0.05) is 0 Å². The van der Waals surface area contributed by atoms with Crippen LogP contribution in [0.5, 0.6) is 0 Å². The molecular formula is C22H29NOSe. The quantitative estimate of drug-likeness (QED) is 0.598. The van der Waals surface area contributed by atoms with Gasteiger partial charge in [-0.05, 0) is 0 Å². The van der Waals surface area contributed by atoms with Gasteiger partial charge in [0.05, 0.1) is 0 Å². The van der Waals surface area contributed by atoms with Crippen LogP contribution in [-0.4, -0.2) is 25.7 Å². The SMILES string of the molecule is C=C1CC[C@@H]([Se]c2ccccc2)[C@H](C)[C@]2(O)C[C@H](C#N)C(C)(C)C[C@@H]12. The normalized spacial score (nSPS) is 37.6. The minimum atomic E-state index is -0.787. The summed E-state index contributed by atoms with van der Waals surface area (Å²) >= 11 is 0.334. The van der Waals surface area contributed by atoms with Gasteiger partial charge in [-0.2, -0.15) is 0 Å². The number of hydrogen-bond acceptors (Lipinski definition) is 2. The maximum atomic E-state index is 11.8. The number of nitrogens with zero attached hydrogens (tertiary/aromatic N) is 1. The number of benzene rings is 1. The van der Waals surface area contributed by atoms with E-state index in [1.54, 1.807) is 0 Å². The zero-order chi connectivity index (χ0) is 18.2. The first-order valence-electron chi connectivity index (χ1n) is 9.29. The van der Waals surface area contributed by atoms with E-state index in [1.165, 1.54) is 10.0 Å². The van der Waals surface area contributed by atoms with Crippen LogP contribution in [0.1, 0.15) is 46.5 Å². The molecule has 25 heavy (non-hydrogen) atoms. The van der Waals surface area contributed by atoms with Gasteiger partial charge in [-0.3, -0.25) is 0 Å². The predicted octanol–water partition coefficient (Wildman–Crippen LogP) is 4.10. The fourth-order valence-corrected chi connectivity index (χ4v) is 7.53. The molecule has 0 radical (unpaired) electrons. The molecule has 0 unspecified atom stereocenters. The van der Waals surface area contributed by atoms with Crippen LogP contribution in [0.2, 0.25) is 4.82 Å². The van der Waals surface area contributed by atoms with Crippen molar-refractivity contribution in [3.8, 4) is 6.07 Å². The van der Waals surface area contributed by atoms with Crippen LogP contribution in [0.25, 0.3) is 0 Å². The Balaban J connectivity index is 1.91. The van der Waals surface area contributed by atoms with E-state index in [9.17, 15) is 10.4 Å². The molecule has 2 aliphatic rings. The Hall–Kier alpha value is -1.07. The first-order chi connectivity index (χ1) is 11.8. The van der Waals surface area contributed by atoms with Crippen molar-refractivity contribution in [2.45, 2.75) is 56.9 Å². The van der Waals surface area contributed by atoms with E-state index >= 15 is 0 Å². The second-order valence-corrected chi connectivity index (χ2v) is 11.3. The number of fused-ring (bicyclic) bond motifs is 1. The molecule has 0 aliphatic heterocycles. The molecule has 0 aromatic heterocycles. The summed E-state index contributed by atoms with van der Waals surface area (Å²) < 4.78 is 1.40. The maximum absolute atomic E-state index is 11.8. The molecule has 0 bridgehead atoms. The molecule has 0 heterocycles. The molecule has 2 nitrogen and oxygen atoms in total. The van der Waals surface area contributed by atoms with Crippen molar-refractivity contribution in [3.05, 3.63) is 42.5 Å². The molecule has 2 fully saturated rings. The summed E-state index contributed by atoms with van der Waals surface area (Å²) in [5, 5.41) is 21.5. The summed E-state index contributed by atoms with van der Waals surface area (Å²) in [6.07, 6.45) is 3.56. The van der Waals surface area contributed by atoms with Crippen LogP contribution in [0.4, 0.5) is 0 Å². The van der Waals surface area contributed by atoms with Crippen LogP contribution >= 0.6 is 0 Å². The van der Waals surface area contributed by atoms with Gasteiger partial charge in [0.15, 0.2) is 0 Å². The molecule has 5 atom stereocenters. The molecule has 0 spiro atoms. The van der Waals surface area contributed by atoms with Crippen molar-refractivity contribution in [2.24, 2.45) is 23.2 Å². The Morgan fingerprint density at radius 2 is 1.92 bits per heavy atom. The van der Waals surface area contributed by atoms with Crippen molar-refractivity contribution in [2.75, 3.05) is 0 Å². The fraction of sp³-hybridized carbons (Fsp3) is 0.591. The van der Waals surface area contributed by atoms with Gasteiger partial charge < -0.3 is 0 Å². The van der Waals surface area contributed by atoms with Crippen LogP contribution in [-0.2, 0) is 0 Å². The Morgan fingerprint density at radius 3 is 2.56 bits per heavy atom. The Bertz CT molecular complexity index is 677. The second-order valence-electron chi connectivity index (χ2n) is 8.58. The molecule has 0 amide bonds. The topological polar surface area (TPSA) is 44.0 Å². The third-order valence-corrected chi connectivity index (χ3v) is 9.71. The van der Waals surface area contributed by atoms with E-state index < -0.39 is 5.60 Å². The third-order valence-electron chi connectivity index (χ3n) is 6.58. The molecule has 1 aromatic carbocycles. The summed E-state index contributed by atoms with van der Waals surface area (Å²) in [4.78, 5) is 0.488. The van der Waals surface area contributed by atoms with Crippen LogP contribution < -0.4 is 4.46 Å². The summed E-state index contributed by atoms with van der Waals surface area (Å²) in [5.41, 5.74) is 0.355. The molecule has 134 valence electrons. The monoisotopic (exact) mass is 403 g/mol. The summed E-state index contributed by atoms with van der Waals surface area (Å²) in [6, 6.07) is 13.2. The fourth-order valence-electron chi connectivity index (χ4n) is 4.72. The van der Waals surface area contributed by atoms with Crippen LogP contribution in [0.3, 0.4) is 0 Å². The zero-order valence-corrected chi connectivity index (χ0v) is 17.2. The van der Waals surface area contributed by atoms with Crippen LogP contribution in [0, 0.1) is 34.5 Å². The minimum absolute atomic E-state index is 0.0568. The molecular weight excluding hydrogens is 373 g/mol. The van der Waals surface area contributed by atoms with Gasteiger partial charge in [0.25, 0.3) is 0 Å².